The van der Waals surface area contributed by atoms with Gasteiger partial charge in [0.05, 0.1) is 0 Å². The number of nitrogens with one attached hydrogen (secondary N) is 3. The Morgan fingerprint density at radius 1 is 1.47 bits per heavy atom. The molecule has 0 atom stereocenters. The van der Waals surface area contributed by atoms with Gasteiger partial charge >= 0.3 is 0 Å². The second-order valence-electron chi connectivity index (χ2n) is 3.00. The van der Waals surface area contributed by atoms with Crippen LogP contribution in [0.15, 0.2) is 24.3 Å². The molecule has 0 aliphatic carbocycles. The van der Waals surface area contributed by atoms with E-state index in [1.165, 1.54) is 18.2 Å². The number of amides is 1. The van der Waals surface area contributed by atoms with Crippen molar-refractivity contribution in [1.82, 2.24) is 16.2 Å². The molecule has 0 aliphatic rings. The third kappa shape index (κ3) is 5.12. The number of halogens is 1. The highest BCUT2D eigenvalue weighted by atomic mass is 32.1. The van der Waals surface area contributed by atoms with Gasteiger partial charge < -0.3 is 10.1 Å². The molecule has 0 radical (unpaired) electrons. The molecule has 0 bridgehead atoms. The summed E-state index contributed by atoms with van der Waals surface area (Å²) in [6.07, 6.45) is 0. The Labute approximate surface area is 103 Å². The van der Waals surface area contributed by atoms with Crippen molar-refractivity contribution in [3.8, 4) is 5.75 Å². The minimum Gasteiger partial charge on any atom is -0.484 e. The third-order valence-electron chi connectivity index (χ3n) is 1.71. The van der Waals surface area contributed by atoms with Gasteiger partial charge in [-0.05, 0) is 24.4 Å². The monoisotopic (exact) mass is 257 g/mol. The normalized spacial score (nSPS) is 9.29. The van der Waals surface area contributed by atoms with Crippen molar-refractivity contribution < 1.29 is 13.9 Å². The van der Waals surface area contributed by atoms with E-state index < -0.39 is 11.7 Å². The molecular formula is C10H12FN3O2S. The minimum absolute atomic E-state index is 0.233. The second kappa shape index (κ2) is 6.64. The molecule has 1 amide bonds. The smallest absolute Gasteiger partial charge is 0.276 e. The molecule has 0 spiro atoms. The Bertz CT molecular complexity index is 414. The summed E-state index contributed by atoms with van der Waals surface area (Å²) in [7, 11) is 1.62. The highest BCUT2D eigenvalue weighted by Gasteiger charge is 2.03. The zero-order valence-electron chi connectivity index (χ0n) is 9.12. The highest BCUT2D eigenvalue weighted by molar-refractivity contribution is 7.80. The summed E-state index contributed by atoms with van der Waals surface area (Å²) in [4.78, 5) is 11.2. The van der Waals surface area contributed by atoms with E-state index in [0.717, 1.165) is 0 Å². The Balaban J connectivity index is 2.31. The molecule has 0 aliphatic heterocycles. The number of ether oxygens (including phenoxy) is 1. The van der Waals surface area contributed by atoms with Crippen LogP contribution in [0.3, 0.4) is 0 Å². The summed E-state index contributed by atoms with van der Waals surface area (Å²) in [6.45, 7) is -0.233. The number of hydrazine groups is 1. The molecule has 0 saturated heterocycles. The molecule has 0 heterocycles. The molecule has 0 fully saturated rings. The van der Waals surface area contributed by atoms with E-state index >= 15 is 0 Å². The lowest BCUT2D eigenvalue weighted by Crippen LogP contribution is -2.47. The van der Waals surface area contributed by atoms with E-state index in [4.69, 9.17) is 17.0 Å². The largest absolute Gasteiger partial charge is 0.484 e. The Morgan fingerprint density at radius 2 is 2.24 bits per heavy atom. The summed E-state index contributed by atoms with van der Waals surface area (Å²) in [6, 6.07) is 5.54. The summed E-state index contributed by atoms with van der Waals surface area (Å²) in [5, 5.41) is 2.90. The van der Waals surface area contributed by atoms with Crippen molar-refractivity contribution in [2.75, 3.05) is 13.7 Å². The van der Waals surface area contributed by atoms with Crippen LogP contribution in [0.4, 0.5) is 4.39 Å². The van der Waals surface area contributed by atoms with Gasteiger partial charge in [-0.2, -0.15) is 0 Å². The number of hydrogen-bond acceptors (Lipinski definition) is 3. The SMILES string of the molecule is CNC(=S)NNC(=O)COc1cccc(F)c1. The quantitative estimate of drug-likeness (QED) is 0.538. The number of carbonyl (C=O) groups is 1. The van der Waals surface area contributed by atoms with Crippen LogP contribution >= 0.6 is 12.2 Å². The maximum Gasteiger partial charge on any atom is 0.276 e. The number of hydrogen-bond donors (Lipinski definition) is 3. The Morgan fingerprint density at radius 3 is 2.88 bits per heavy atom. The molecule has 1 rings (SSSR count). The molecule has 5 nitrogen and oxygen atoms in total. The number of benzene rings is 1. The molecule has 0 aromatic heterocycles. The van der Waals surface area contributed by atoms with Crippen molar-refractivity contribution in [1.29, 1.82) is 0 Å². The lowest BCUT2D eigenvalue weighted by molar-refractivity contribution is -0.123. The van der Waals surface area contributed by atoms with E-state index in [-0.39, 0.29) is 17.5 Å². The van der Waals surface area contributed by atoms with Crippen molar-refractivity contribution in [3.05, 3.63) is 30.1 Å². The number of carbonyl (C=O) groups excluding carboxylic acids is 1. The lowest BCUT2D eigenvalue weighted by atomic mass is 10.3. The number of rotatable bonds is 3. The molecule has 17 heavy (non-hydrogen) atoms. The molecule has 0 saturated carbocycles. The molecule has 7 heteroatoms. The van der Waals surface area contributed by atoms with Crippen LogP contribution < -0.4 is 20.9 Å². The molecule has 1 aromatic rings. The van der Waals surface area contributed by atoms with Gasteiger partial charge in [-0.3, -0.25) is 15.6 Å². The van der Waals surface area contributed by atoms with Gasteiger partial charge in [-0.15, -0.1) is 0 Å². The molecule has 3 N–H and O–H groups in total. The van der Waals surface area contributed by atoms with Gasteiger partial charge in [-0.1, -0.05) is 6.07 Å². The van der Waals surface area contributed by atoms with E-state index in [1.807, 2.05) is 0 Å². The summed E-state index contributed by atoms with van der Waals surface area (Å²) in [5.41, 5.74) is 4.75. The minimum atomic E-state index is -0.424. The van der Waals surface area contributed by atoms with E-state index in [9.17, 15) is 9.18 Å². The first kappa shape index (κ1) is 13.2. The lowest BCUT2D eigenvalue weighted by Gasteiger charge is -2.09. The standard InChI is InChI=1S/C10H12FN3O2S/c1-12-10(17)14-13-9(15)6-16-8-4-2-3-7(11)5-8/h2-5H,6H2,1H3,(H,13,15)(H2,12,14,17). The topological polar surface area (TPSA) is 62.4 Å². The fraction of sp³-hybridized carbons (Fsp3) is 0.200. The Kier molecular flexibility index (Phi) is 5.15. The summed E-state index contributed by atoms with van der Waals surface area (Å²) >= 11 is 4.74. The molecule has 0 unspecified atom stereocenters. The van der Waals surface area contributed by atoms with Crippen molar-refractivity contribution in [2.24, 2.45) is 0 Å². The van der Waals surface area contributed by atoms with Gasteiger partial charge in [0.15, 0.2) is 11.7 Å². The highest BCUT2D eigenvalue weighted by Crippen LogP contribution is 2.11. The predicted molar refractivity (Wildman–Crippen MR) is 64.8 cm³/mol. The molecular weight excluding hydrogens is 245 g/mol. The van der Waals surface area contributed by atoms with E-state index in [2.05, 4.69) is 16.2 Å². The van der Waals surface area contributed by atoms with Gasteiger partial charge in [0.25, 0.3) is 5.91 Å². The maximum absolute atomic E-state index is 12.8. The van der Waals surface area contributed by atoms with Gasteiger partial charge in [0, 0.05) is 13.1 Å². The molecule has 92 valence electrons. The first-order valence-electron chi connectivity index (χ1n) is 4.76. The van der Waals surface area contributed by atoms with Crippen LogP contribution in [0.25, 0.3) is 0 Å². The first-order valence-corrected chi connectivity index (χ1v) is 5.17. The van der Waals surface area contributed by atoms with Crippen LogP contribution in [0.5, 0.6) is 5.75 Å². The Hall–Kier alpha value is -1.89. The zero-order chi connectivity index (χ0) is 12.7. The molecule has 1 aromatic carbocycles. The number of thiocarbonyl (C=S) groups is 1. The van der Waals surface area contributed by atoms with E-state index in [0.29, 0.717) is 0 Å². The second-order valence-corrected chi connectivity index (χ2v) is 3.41. The van der Waals surface area contributed by atoms with Crippen molar-refractivity contribution >= 4 is 23.2 Å². The average Bonchev–Trinajstić information content (AvgIpc) is 2.33. The third-order valence-corrected chi connectivity index (χ3v) is 2.01. The van der Waals surface area contributed by atoms with E-state index in [1.54, 1.807) is 13.1 Å². The van der Waals surface area contributed by atoms with Crippen LogP contribution in [0.2, 0.25) is 0 Å². The van der Waals surface area contributed by atoms with Crippen LogP contribution in [-0.2, 0) is 4.79 Å². The van der Waals surface area contributed by atoms with Crippen molar-refractivity contribution in [3.63, 3.8) is 0 Å². The van der Waals surface area contributed by atoms with Gasteiger partial charge in [0.1, 0.15) is 11.6 Å². The summed E-state index contributed by atoms with van der Waals surface area (Å²) in [5.74, 6) is -0.555. The van der Waals surface area contributed by atoms with Gasteiger partial charge in [-0.25, -0.2) is 4.39 Å². The van der Waals surface area contributed by atoms with Crippen molar-refractivity contribution in [2.45, 2.75) is 0 Å². The first-order chi connectivity index (χ1) is 8.11. The average molecular weight is 257 g/mol. The zero-order valence-corrected chi connectivity index (χ0v) is 9.94. The van der Waals surface area contributed by atoms with Crippen LogP contribution in [-0.4, -0.2) is 24.7 Å². The van der Waals surface area contributed by atoms with Crippen LogP contribution in [0.1, 0.15) is 0 Å². The fourth-order valence-corrected chi connectivity index (χ4v) is 0.982. The maximum atomic E-state index is 12.8. The predicted octanol–water partition coefficient (Wildman–Crippen LogP) is 0.330. The van der Waals surface area contributed by atoms with Crippen LogP contribution in [0, 0.1) is 5.82 Å². The summed E-state index contributed by atoms with van der Waals surface area (Å²) < 4.78 is 17.8. The fourth-order valence-electron chi connectivity index (χ4n) is 0.931. The van der Waals surface area contributed by atoms with Gasteiger partial charge in [0.2, 0.25) is 0 Å².